The Morgan fingerprint density at radius 3 is 2.47 bits per heavy atom. The SMILES string of the molecule is CCc1ccc(C(=O)COc2cc(F)cc(F)c2)s1. The lowest BCUT2D eigenvalue weighted by Crippen LogP contribution is -2.10. The standard InChI is InChI=1S/C14H12F2O2S/c1-2-12-3-4-14(19-12)13(17)8-18-11-6-9(15)5-10(16)7-11/h3-7H,2,8H2,1H3. The van der Waals surface area contributed by atoms with Crippen molar-refractivity contribution in [2.24, 2.45) is 0 Å². The lowest BCUT2D eigenvalue weighted by Gasteiger charge is -2.04. The maximum absolute atomic E-state index is 12.9. The molecule has 0 atom stereocenters. The van der Waals surface area contributed by atoms with Crippen molar-refractivity contribution in [2.45, 2.75) is 13.3 Å². The van der Waals surface area contributed by atoms with E-state index in [1.807, 2.05) is 13.0 Å². The summed E-state index contributed by atoms with van der Waals surface area (Å²) in [5.74, 6) is -1.65. The highest BCUT2D eigenvalue weighted by atomic mass is 32.1. The zero-order valence-corrected chi connectivity index (χ0v) is 11.1. The zero-order chi connectivity index (χ0) is 13.8. The van der Waals surface area contributed by atoms with Crippen molar-refractivity contribution in [2.75, 3.05) is 6.61 Å². The number of thiophene rings is 1. The van der Waals surface area contributed by atoms with E-state index in [0.717, 1.165) is 29.5 Å². The average Bonchev–Trinajstić information content (AvgIpc) is 2.83. The van der Waals surface area contributed by atoms with Gasteiger partial charge in [-0.1, -0.05) is 6.92 Å². The number of carbonyl (C=O) groups is 1. The van der Waals surface area contributed by atoms with E-state index in [1.165, 1.54) is 11.3 Å². The van der Waals surface area contributed by atoms with Crippen molar-refractivity contribution in [1.29, 1.82) is 0 Å². The van der Waals surface area contributed by atoms with Crippen LogP contribution in [0, 0.1) is 11.6 Å². The van der Waals surface area contributed by atoms with Gasteiger partial charge in [-0.15, -0.1) is 11.3 Å². The maximum Gasteiger partial charge on any atom is 0.210 e. The van der Waals surface area contributed by atoms with Crippen molar-refractivity contribution in [3.05, 3.63) is 51.7 Å². The normalized spacial score (nSPS) is 10.5. The van der Waals surface area contributed by atoms with Crippen LogP contribution in [0.25, 0.3) is 0 Å². The highest BCUT2D eigenvalue weighted by molar-refractivity contribution is 7.14. The van der Waals surface area contributed by atoms with Gasteiger partial charge in [0.2, 0.25) is 5.78 Å². The van der Waals surface area contributed by atoms with Gasteiger partial charge in [0.15, 0.2) is 6.61 Å². The Labute approximate surface area is 113 Å². The molecule has 0 aliphatic heterocycles. The summed E-state index contributed by atoms with van der Waals surface area (Å²) < 4.78 is 30.9. The monoisotopic (exact) mass is 282 g/mol. The first-order valence-electron chi connectivity index (χ1n) is 5.79. The second kappa shape index (κ2) is 5.93. The number of benzene rings is 1. The molecule has 2 aromatic rings. The zero-order valence-electron chi connectivity index (χ0n) is 10.3. The highest BCUT2D eigenvalue weighted by Crippen LogP contribution is 2.19. The number of rotatable bonds is 5. The van der Waals surface area contributed by atoms with Crippen LogP contribution < -0.4 is 4.74 Å². The number of hydrogen-bond acceptors (Lipinski definition) is 3. The molecule has 5 heteroatoms. The number of ether oxygens (including phenoxy) is 1. The Hall–Kier alpha value is -1.75. The Balaban J connectivity index is 2.00. The molecule has 0 unspecified atom stereocenters. The van der Waals surface area contributed by atoms with Crippen LogP contribution in [0.2, 0.25) is 0 Å². The number of Topliss-reactive ketones (excluding diaryl/α,β-unsaturated/α-hetero) is 1. The van der Waals surface area contributed by atoms with Gasteiger partial charge in [0.1, 0.15) is 17.4 Å². The third-order valence-corrected chi connectivity index (χ3v) is 3.76. The number of halogens is 2. The minimum absolute atomic E-state index is 0.0121. The van der Waals surface area contributed by atoms with Gasteiger partial charge in [-0.2, -0.15) is 0 Å². The van der Waals surface area contributed by atoms with Crippen LogP contribution in [-0.2, 0) is 6.42 Å². The molecule has 0 radical (unpaired) electrons. The number of hydrogen-bond donors (Lipinski definition) is 0. The van der Waals surface area contributed by atoms with Crippen molar-refractivity contribution < 1.29 is 18.3 Å². The first-order valence-corrected chi connectivity index (χ1v) is 6.61. The fourth-order valence-electron chi connectivity index (χ4n) is 1.55. The molecule has 0 N–H and O–H groups in total. The van der Waals surface area contributed by atoms with Gasteiger partial charge in [0.25, 0.3) is 0 Å². The molecule has 0 bridgehead atoms. The van der Waals surface area contributed by atoms with Gasteiger partial charge < -0.3 is 4.74 Å². The van der Waals surface area contributed by atoms with Gasteiger partial charge in [-0.05, 0) is 18.6 Å². The van der Waals surface area contributed by atoms with Crippen LogP contribution in [0.1, 0.15) is 21.5 Å². The van der Waals surface area contributed by atoms with Gasteiger partial charge in [0, 0.05) is 23.1 Å². The van der Waals surface area contributed by atoms with E-state index in [1.54, 1.807) is 6.07 Å². The van der Waals surface area contributed by atoms with E-state index in [9.17, 15) is 13.6 Å². The number of carbonyl (C=O) groups excluding carboxylic acids is 1. The molecule has 0 aliphatic rings. The van der Waals surface area contributed by atoms with Crippen molar-refractivity contribution in [1.82, 2.24) is 0 Å². The molecule has 0 saturated heterocycles. The molecule has 0 fully saturated rings. The summed E-state index contributed by atoms with van der Waals surface area (Å²) in [4.78, 5) is 13.5. The lowest BCUT2D eigenvalue weighted by molar-refractivity contribution is 0.0925. The molecular weight excluding hydrogens is 270 g/mol. The summed E-state index contributed by atoms with van der Waals surface area (Å²) in [5.41, 5.74) is 0. The molecule has 1 heterocycles. The quantitative estimate of drug-likeness (QED) is 0.779. The predicted octanol–water partition coefficient (Wildman–Crippen LogP) is 3.85. The van der Waals surface area contributed by atoms with E-state index >= 15 is 0 Å². The van der Waals surface area contributed by atoms with E-state index < -0.39 is 11.6 Å². The van der Waals surface area contributed by atoms with Crippen LogP contribution in [0.4, 0.5) is 8.78 Å². The highest BCUT2D eigenvalue weighted by Gasteiger charge is 2.10. The Morgan fingerprint density at radius 2 is 1.89 bits per heavy atom. The second-order valence-electron chi connectivity index (χ2n) is 3.94. The summed E-state index contributed by atoms with van der Waals surface area (Å²) in [6.07, 6.45) is 0.869. The molecule has 100 valence electrons. The molecule has 1 aromatic heterocycles. The van der Waals surface area contributed by atoms with Crippen LogP contribution in [0.5, 0.6) is 5.75 Å². The summed E-state index contributed by atoms with van der Waals surface area (Å²) >= 11 is 1.40. The Morgan fingerprint density at radius 1 is 1.21 bits per heavy atom. The molecule has 0 spiro atoms. The van der Waals surface area contributed by atoms with Gasteiger partial charge >= 0.3 is 0 Å². The summed E-state index contributed by atoms with van der Waals surface area (Å²) in [6.45, 7) is 1.78. The van der Waals surface area contributed by atoms with Crippen LogP contribution in [0.3, 0.4) is 0 Å². The largest absolute Gasteiger partial charge is 0.485 e. The molecule has 2 rings (SSSR count). The van der Waals surface area contributed by atoms with E-state index in [-0.39, 0.29) is 18.1 Å². The van der Waals surface area contributed by atoms with Crippen molar-refractivity contribution >= 4 is 17.1 Å². The maximum atomic E-state index is 12.9. The van der Waals surface area contributed by atoms with Crippen molar-refractivity contribution in [3.8, 4) is 5.75 Å². The molecule has 0 saturated carbocycles. The molecule has 0 aliphatic carbocycles. The molecule has 2 nitrogen and oxygen atoms in total. The number of aryl methyl sites for hydroxylation is 1. The van der Waals surface area contributed by atoms with Crippen LogP contribution >= 0.6 is 11.3 Å². The minimum atomic E-state index is -0.730. The lowest BCUT2D eigenvalue weighted by atomic mass is 10.3. The Kier molecular flexibility index (Phi) is 4.27. The first-order chi connectivity index (χ1) is 9.08. The first kappa shape index (κ1) is 13.7. The molecule has 1 aromatic carbocycles. The molecule has 19 heavy (non-hydrogen) atoms. The predicted molar refractivity (Wildman–Crippen MR) is 69.9 cm³/mol. The third kappa shape index (κ3) is 3.61. The van der Waals surface area contributed by atoms with E-state index in [0.29, 0.717) is 4.88 Å². The summed E-state index contributed by atoms with van der Waals surface area (Å²) in [7, 11) is 0. The average molecular weight is 282 g/mol. The summed E-state index contributed by atoms with van der Waals surface area (Å²) in [5, 5.41) is 0. The van der Waals surface area contributed by atoms with Gasteiger partial charge in [-0.3, -0.25) is 4.79 Å². The van der Waals surface area contributed by atoms with Crippen LogP contribution in [0.15, 0.2) is 30.3 Å². The summed E-state index contributed by atoms with van der Waals surface area (Å²) in [6, 6.07) is 6.47. The molecule has 0 amide bonds. The third-order valence-electron chi connectivity index (χ3n) is 2.49. The van der Waals surface area contributed by atoms with Crippen molar-refractivity contribution in [3.63, 3.8) is 0 Å². The smallest absolute Gasteiger partial charge is 0.210 e. The van der Waals surface area contributed by atoms with E-state index in [4.69, 9.17) is 4.74 Å². The van der Waals surface area contributed by atoms with Gasteiger partial charge in [0.05, 0.1) is 4.88 Å². The second-order valence-corrected chi connectivity index (χ2v) is 5.10. The Bertz CT molecular complexity index is 573. The fourth-order valence-corrected chi connectivity index (χ4v) is 2.42. The fraction of sp³-hybridized carbons (Fsp3) is 0.214. The minimum Gasteiger partial charge on any atom is -0.485 e. The topological polar surface area (TPSA) is 26.3 Å². The van der Waals surface area contributed by atoms with E-state index in [2.05, 4.69) is 0 Å². The number of ketones is 1. The molecular formula is C14H12F2O2S. The van der Waals surface area contributed by atoms with Gasteiger partial charge in [-0.25, -0.2) is 8.78 Å². The van der Waals surface area contributed by atoms with Crippen LogP contribution in [-0.4, -0.2) is 12.4 Å².